The third-order valence-corrected chi connectivity index (χ3v) is 7.51. The van der Waals surface area contributed by atoms with Gasteiger partial charge in [0.2, 0.25) is 0 Å². The van der Waals surface area contributed by atoms with Crippen LogP contribution >= 0.6 is 0 Å². The average molecular weight is 387 g/mol. The van der Waals surface area contributed by atoms with Gasteiger partial charge in [0.25, 0.3) is 5.91 Å². The minimum Gasteiger partial charge on any atom is -0.400 e. The van der Waals surface area contributed by atoms with Gasteiger partial charge in [0.05, 0.1) is 0 Å². The van der Waals surface area contributed by atoms with Crippen molar-refractivity contribution in [2.24, 2.45) is 17.8 Å². The molecule has 4 nitrogen and oxygen atoms in total. The van der Waals surface area contributed by atoms with Gasteiger partial charge in [-0.3, -0.25) is 4.79 Å². The molecule has 4 atom stereocenters. The number of carbonyl (C=O) groups is 1. The van der Waals surface area contributed by atoms with E-state index in [1.807, 2.05) is 18.2 Å². The lowest BCUT2D eigenvalue weighted by molar-refractivity contribution is -0.146. The van der Waals surface area contributed by atoms with Gasteiger partial charge < -0.3 is 15.1 Å². The number of carbonyl (C=O) groups excluding carboxylic acids is 1. The Morgan fingerprint density at radius 3 is 2.30 bits per heavy atom. The summed E-state index contributed by atoms with van der Waals surface area (Å²) in [5.41, 5.74) is 0.206. The first kappa shape index (κ1) is 19.2. The van der Waals surface area contributed by atoms with E-state index in [0.717, 1.165) is 31.5 Å². The second-order valence-electron chi connectivity index (χ2n) is 9.64. The quantitative estimate of drug-likeness (QED) is 0.734. The molecule has 2 aliphatic carbocycles. The van der Waals surface area contributed by atoms with Crippen LogP contribution in [0.2, 0.25) is 19.6 Å². The van der Waals surface area contributed by atoms with Crippen LogP contribution in [0.1, 0.15) is 37.7 Å². The van der Waals surface area contributed by atoms with Crippen molar-refractivity contribution in [2.45, 2.75) is 63.4 Å². The molecule has 1 saturated heterocycles. The van der Waals surface area contributed by atoms with Crippen LogP contribution in [-0.2, 0) is 14.8 Å². The zero-order chi connectivity index (χ0) is 19.1. The molecule has 1 aromatic carbocycles. The maximum Gasteiger partial charge on any atom is 0.256 e. The lowest BCUT2D eigenvalue weighted by Crippen LogP contribution is -2.57. The Hall–Kier alpha value is -1.17. The van der Waals surface area contributed by atoms with E-state index in [-0.39, 0.29) is 11.8 Å². The van der Waals surface area contributed by atoms with Crippen molar-refractivity contribution < 1.29 is 9.22 Å². The van der Waals surface area contributed by atoms with Crippen LogP contribution < -0.4 is 10.6 Å². The van der Waals surface area contributed by atoms with Crippen LogP contribution in [-0.4, -0.2) is 33.4 Å². The van der Waals surface area contributed by atoms with E-state index in [9.17, 15) is 4.79 Å². The standard InChI is InChI=1S/C22H34N2O2Si/c1-27(2,3)26-22(16-10-6-4-7-11-16,17-12-8-5-9-13-17)21(25)24-20-18-14-23-15-19(18)20/h4,6-7,10-11,17-20,23H,5,8-9,12-15H2,1-3H3,(H,24,25)/t18-,19?,20?,22-/m0/s1. The molecule has 5 heteroatoms. The predicted molar refractivity (Wildman–Crippen MR) is 111 cm³/mol. The Kier molecular flexibility index (Phi) is 5.21. The number of fused-ring (bicyclic) bond motifs is 1. The summed E-state index contributed by atoms with van der Waals surface area (Å²) < 4.78 is 6.87. The molecule has 1 amide bonds. The predicted octanol–water partition coefficient (Wildman–Crippen LogP) is 3.65. The third kappa shape index (κ3) is 3.74. The fraction of sp³-hybridized carbons (Fsp3) is 0.682. The Labute approximate surface area is 164 Å². The van der Waals surface area contributed by atoms with Gasteiger partial charge >= 0.3 is 0 Å². The first-order valence-electron chi connectivity index (χ1n) is 10.7. The molecule has 0 radical (unpaired) electrons. The Balaban J connectivity index is 1.70. The summed E-state index contributed by atoms with van der Waals surface area (Å²) in [5, 5.41) is 6.85. The van der Waals surface area contributed by atoms with E-state index < -0.39 is 13.9 Å². The lowest BCUT2D eigenvalue weighted by atomic mass is 9.72. The fourth-order valence-corrected chi connectivity index (χ4v) is 6.65. The molecular formula is C22H34N2O2Si. The molecule has 4 rings (SSSR count). The maximum absolute atomic E-state index is 13.9. The second kappa shape index (κ2) is 7.34. The van der Waals surface area contributed by atoms with Crippen LogP contribution in [0.25, 0.3) is 0 Å². The summed E-state index contributed by atoms with van der Waals surface area (Å²) in [4.78, 5) is 13.9. The summed E-state index contributed by atoms with van der Waals surface area (Å²) in [6, 6.07) is 10.6. The molecular weight excluding hydrogens is 352 g/mol. The molecule has 0 bridgehead atoms. The number of rotatable bonds is 6. The van der Waals surface area contributed by atoms with Gasteiger partial charge in [0.15, 0.2) is 13.9 Å². The fourth-order valence-electron chi connectivity index (χ4n) is 5.31. The second-order valence-corrected chi connectivity index (χ2v) is 14.1. The number of benzene rings is 1. The molecule has 3 fully saturated rings. The minimum absolute atomic E-state index is 0.113. The van der Waals surface area contributed by atoms with Crippen LogP contribution in [0.5, 0.6) is 0 Å². The minimum atomic E-state index is -1.95. The highest BCUT2D eigenvalue weighted by Crippen LogP contribution is 2.47. The van der Waals surface area contributed by atoms with Crippen molar-refractivity contribution >= 4 is 14.2 Å². The Bertz CT molecular complexity index is 659. The summed E-state index contributed by atoms with van der Waals surface area (Å²) in [6.45, 7) is 8.68. The number of piperidine rings is 1. The van der Waals surface area contributed by atoms with Crippen molar-refractivity contribution in [3.63, 3.8) is 0 Å². The van der Waals surface area contributed by atoms with Crippen LogP contribution in [0.3, 0.4) is 0 Å². The van der Waals surface area contributed by atoms with Crippen LogP contribution in [0.4, 0.5) is 0 Å². The maximum atomic E-state index is 13.9. The van der Waals surface area contributed by atoms with Crippen molar-refractivity contribution in [1.29, 1.82) is 0 Å². The Morgan fingerprint density at radius 1 is 1.07 bits per heavy atom. The molecule has 3 aliphatic rings. The van der Waals surface area contributed by atoms with Gasteiger partial charge in [-0.1, -0.05) is 49.6 Å². The topological polar surface area (TPSA) is 50.4 Å². The van der Waals surface area contributed by atoms with Gasteiger partial charge in [-0.05, 0) is 49.9 Å². The number of amides is 1. The normalized spacial score (nSPS) is 30.4. The SMILES string of the molecule is C[Si](C)(C)O[C@@](C(=O)NC1C2CNC[C@@H]21)(c1ccccc1)C1CCCCC1. The van der Waals surface area contributed by atoms with E-state index in [0.29, 0.717) is 17.9 Å². The highest BCUT2D eigenvalue weighted by molar-refractivity contribution is 6.70. The Morgan fingerprint density at radius 2 is 1.70 bits per heavy atom. The van der Waals surface area contributed by atoms with Gasteiger partial charge in [-0.15, -0.1) is 0 Å². The van der Waals surface area contributed by atoms with Crippen molar-refractivity contribution in [3.05, 3.63) is 35.9 Å². The van der Waals surface area contributed by atoms with E-state index in [1.165, 1.54) is 19.3 Å². The van der Waals surface area contributed by atoms with Gasteiger partial charge in [-0.25, -0.2) is 0 Å². The summed E-state index contributed by atoms with van der Waals surface area (Å²) in [7, 11) is -1.95. The molecule has 27 heavy (non-hydrogen) atoms. The average Bonchev–Trinajstić information content (AvgIpc) is 3.07. The summed E-state index contributed by atoms with van der Waals surface area (Å²) in [6.07, 6.45) is 5.81. The van der Waals surface area contributed by atoms with E-state index in [2.05, 4.69) is 42.4 Å². The zero-order valence-electron chi connectivity index (χ0n) is 17.0. The van der Waals surface area contributed by atoms with Gasteiger partial charge in [0, 0.05) is 25.0 Å². The molecule has 0 spiro atoms. The molecule has 2 saturated carbocycles. The van der Waals surface area contributed by atoms with E-state index in [4.69, 9.17) is 4.43 Å². The molecule has 1 aromatic rings. The van der Waals surface area contributed by atoms with Crippen LogP contribution in [0, 0.1) is 17.8 Å². The van der Waals surface area contributed by atoms with Crippen molar-refractivity contribution in [2.75, 3.05) is 13.1 Å². The number of hydrogen-bond acceptors (Lipinski definition) is 3. The first-order valence-corrected chi connectivity index (χ1v) is 14.1. The molecule has 1 heterocycles. The van der Waals surface area contributed by atoms with E-state index >= 15 is 0 Å². The molecule has 2 N–H and O–H groups in total. The lowest BCUT2D eigenvalue weighted by Gasteiger charge is -2.45. The highest BCUT2D eigenvalue weighted by Gasteiger charge is 2.57. The molecule has 2 unspecified atom stereocenters. The highest BCUT2D eigenvalue weighted by atomic mass is 28.4. The molecule has 0 aromatic heterocycles. The van der Waals surface area contributed by atoms with Gasteiger partial charge in [-0.2, -0.15) is 0 Å². The monoisotopic (exact) mass is 386 g/mol. The largest absolute Gasteiger partial charge is 0.400 e. The van der Waals surface area contributed by atoms with Crippen molar-refractivity contribution in [3.8, 4) is 0 Å². The third-order valence-electron chi connectivity index (χ3n) is 6.58. The van der Waals surface area contributed by atoms with Gasteiger partial charge in [0.1, 0.15) is 0 Å². The summed E-state index contributed by atoms with van der Waals surface area (Å²) >= 11 is 0. The summed E-state index contributed by atoms with van der Waals surface area (Å²) in [5.74, 6) is 1.60. The van der Waals surface area contributed by atoms with Crippen molar-refractivity contribution in [1.82, 2.24) is 10.6 Å². The number of hydrogen-bond donors (Lipinski definition) is 2. The zero-order valence-corrected chi connectivity index (χ0v) is 18.0. The number of nitrogens with one attached hydrogen (secondary N) is 2. The van der Waals surface area contributed by atoms with E-state index in [1.54, 1.807) is 0 Å². The van der Waals surface area contributed by atoms with Crippen LogP contribution in [0.15, 0.2) is 30.3 Å². The molecule has 1 aliphatic heterocycles. The first-order chi connectivity index (χ1) is 12.9. The molecule has 148 valence electrons. The smallest absolute Gasteiger partial charge is 0.256 e.